The summed E-state index contributed by atoms with van der Waals surface area (Å²) in [6, 6.07) is 0. The minimum absolute atomic E-state index is 0.0473. The van der Waals surface area contributed by atoms with Crippen LogP contribution in [0.3, 0.4) is 0 Å². The van der Waals surface area contributed by atoms with Gasteiger partial charge in [0.05, 0.1) is 17.6 Å². The summed E-state index contributed by atoms with van der Waals surface area (Å²) >= 11 is 1.61. The molecule has 0 bridgehead atoms. The fourth-order valence-electron chi connectivity index (χ4n) is 4.16. The largest absolute Gasteiger partial charge is 0.369 e. The van der Waals surface area contributed by atoms with Gasteiger partial charge in [-0.1, -0.05) is 6.92 Å². The molecule has 2 atom stereocenters. The highest BCUT2D eigenvalue weighted by atomic mass is 32.1. The number of nitrogens with zero attached hydrogens (tertiary/aromatic N) is 3. The number of likely N-dealkylation sites (tertiary alicyclic amines) is 1. The zero-order valence-electron chi connectivity index (χ0n) is 15.4. The van der Waals surface area contributed by atoms with Gasteiger partial charge in [0.1, 0.15) is 11.4 Å². The first kappa shape index (κ1) is 18.2. The van der Waals surface area contributed by atoms with Crippen LogP contribution in [0.5, 0.6) is 0 Å². The third kappa shape index (κ3) is 3.38. The monoisotopic (exact) mass is 388 g/mol. The van der Waals surface area contributed by atoms with Crippen molar-refractivity contribution in [1.82, 2.24) is 14.5 Å². The van der Waals surface area contributed by atoms with Gasteiger partial charge < -0.3 is 10.6 Å². The average Bonchev–Trinajstić information content (AvgIpc) is 3.02. The lowest BCUT2D eigenvalue weighted by Crippen LogP contribution is -2.46. The molecule has 8 heteroatoms. The van der Waals surface area contributed by atoms with Crippen molar-refractivity contribution in [3.63, 3.8) is 0 Å². The maximum atomic E-state index is 13.0. The Morgan fingerprint density at radius 3 is 2.96 bits per heavy atom. The molecule has 27 heavy (non-hydrogen) atoms. The van der Waals surface area contributed by atoms with Crippen LogP contribution in [0.1, 0.15) is 36.6 Å². The van der Waals surface area contributed by atoms with Crippen molar-refractivity contribution in [2.75, 3.05) is 13.1 Å². The number of primary amides is 1. The number of fused-ring (bicyclic) bond motifs is 3. The highest BCUT2D eigenvalue weighted by Gasteiger charge is 2.28. The zero-order valence-corrected chi connectivity index (χ0v) is 16.3. The summed E-state index contributed by atoms with van der Waals surface area (Å²) in [7, 11) is 0. The minimum atomic E-state index is -0.369. The zero-order chi connectivity index (χ0) is 19.1. The summed E-state index contributed by atoms with van der Waals surface area (Å²) < 4.78 is 1.41. The second-order valence-electron chi connectivity index (χ2n) is 7.79. The number of hydrogen-bond acceptors (Lipinski definition) is 5. The molecule has 1 fully saturated rings. The van der Waals surface area contributed by atoms with E-state index in [0.717, 1.165) is 36.1 Å². The molecular formula is C19H24N4O3S. The van der Waals surface area contributed by atoms with Gasteiger partial charge in [0, 0.05) is 18.0 Å². The van der Waals surface area contributed by atoms with Crippen LogP contribution >= 0.6 is 11.3 Å². The van der Waals surface area contributed by atoms with E-state index in [9.17, 15) is 14.4 Å². The smallest absolute Gasteiger partial charge is 0.262 e. The molecule has 0 aromatic carbocycles. The van der Waals surface area contributed by atoms with Crippen molar-refractivity contribution in [2.45, 2.75) is 45.6 Å². The van der Waals surface area contributed by atoms with E-state index in [0.29, 0.717) is 30.8 Å². The lowest BCUT2D eigenvalue weighted by atomic mass is 9.89. The van der Waals surface area contributed by atoms with Gasteiger partial charge in [0.2, 0.25) is 11.8 Å². The molecule has 0 spiro atoms. The fourth-order valence-corrected chi connectivity index (χ4v) is 5.50. The topological polar surface area (TPSA) is 98.3 Å². The molecule has 7 nitrogen and oxygen atoms in total. The highest BCUT2D eigenvalue weighted by molar-refractivity contribution is 7.18. The number of aromatic nitrogens is 2. The molecular weight excluding hydrogens is 364 g/mol. The van der Waals surface area contributed by atoms with Gasteiger partial charge in [-0.3, -0.25) is 19.0 Å². The van der Waals surface area contributed by atoms with E-state index in [4.69, 9.17) is 5.73 Å². The maximum absolute atomic E-state index is 13.0. The first-order chi connectivity index (χ1) is 12.9. The Kier molecular flexibility index (Phi) is 4.75. The molecule has 1 saturated heterocycles. The number of carbonyl (C=O) groups excluding carboxylic acids is 2. The molecule has 2 aromatic heterocycles. The van der Waals surface area contributed by atoms with Crippen molar-refractivity contribution >= 4 is 33.4 Å². The number of aryl methyl sites for hydroxylation is 1. The molecule has 4 rings (SSSR count). The van der Waals surface area contributed by atoms with E-state index in [2.05, 4.69) is 11.9 Å². The molecule has 3 heterocycles. The average molecular weight is 388 g/mol. The van der Waals surface area contributed by atoms with Crippen molar-refractivity contribution in [3.05, 3.63) is 27.1 Å². The van der Waals surface area contributed by atoms with Crippen molar-refractivity contribution < 1.29 is 9.59 Å². The molecule has 1 aliphatic heterocycles. The number of amides is 2. The van der Waals surface area contributed by atoms with Gasteiger partial charge in [-0.2, -0.15) is 0 Å². The van der Waals surface area contributed by atoms with Gasteiger partial charge in [-0.05, 0) is 43.6 Å². The number of piperidine rings is 1. The van der Waals surface area contributed by atoms with Gasteiger partial charge in [-0.25, -0.2) is 4.98 Å². The van der Waals surface area contributed by atoms with Crippen LogP contribution in [0.2, 0.25) is 0 Å². The Bertz CT molecular complexity index is 964. The highest BCUT2D eigenvalue weighted by Crippen LogP contribution is 2.35. The molecule has 0 saturated carbocycles. The summed E-state index contributed by atoms with van der Waals surface area (Å²) in [6.07, 6.45) is 5.92. The number of hydrogen-bond donors (Lipinski definition) is 1. The molecule has 2 aromatic rings. The normalized spacial score (nSPS) is 22.6. The van der Waals surface area contributed by atoms with E-state index in [-0.39, 0.29) is 29.8 Å². The van der Waals surface area contributed by atoms with Crippen LogP contribution in [0.25, 0.3) is 10.2 Å². The molecule has 2 aliphatic rings. The maximum Gasteiger partial charge on any atom is 0.262 e. The Hall–Kier alpha value is -2.22. The number of rotatable bonds is 3. The molecule has 2 N–H and O–H groups in total. The third-order valence-corrected chi connectivity index (χ3v) is 6.93. The molecule has 0 unspecified atom stereocenters. The Morgan fingerprint density at radius 2 is 2.19 bits per heavy atom. The van der Waals surface area contributed by atoms with Gasteiger partial charge in [0.15, 0.2) is 0 Å². The van der Waals surface area contributed by atoms with E-state index in [1.807, 2.05) is 0 Å². The SMILES string of the molecule is C[C@@H]1CCc2c(sc3ncn(CC(=O)N4CCC[C@@H](C(N)=O)C4)c(=O)c23)C1. The number of thiophene rings is 1. The van der Waals surface area contributed by atoms with Crippen LogP contribution in [-0.2, 0) is 29.0 Å². The number of nitrogens with two attached hydrogens (primary N) is 1. The first-order valence-electron chi connectivity index (χ1n) is 9.50. The summed E-state index contributed by atoms with van der Waals surface area (Å²) in [5.74, 6) is -0.202. The van der Waals surface area contributed by atoms with Crippen molar-refractivity contribution in [1.29, 1.82) is 0 Å². The number of carbonyl (C=O) groups is 2. The van der Waals surface area contributed by atoms with E-state index < -0.39 is 0 Å². The third-order valence-electron chi connectivity index (χ3n) is 5.76. The summed E-state index contributed by atoms with van der Waals surface area (Å²) in [6.45, 7) is 3.12. The summed E-state index contributed by atoms with van der Waals surface area (Å²) in [5.41, 5.74) is 6.38. The molecule has 144 valence electrons. The lowest BCUT2D eigenvalue weighted by molar-refractivity contribution is -0.135. The molecule has 2 amide bonds. The van der Waals surface area contributed by atoms with Crippen molar-refractivity contribution in [2.24, 2.45) is 17.6 Å². The Morgan fingerprint density at radius 1 is 1.37 bits per heavy atom. The van der Waals surface area contributed by atoms with Gasteiger partial charge in [-0.15, -0.1) is 11.3 Å². The standard InChI is InChI=1S/C19H24N4O3S/c1-11-4-5-13-14(7-11)27-18-16(13)19(26)23(10-21-18)9-15(24)22-6-2-3-12(8-22)17(20)25/h10-12H,2-9H2,1H3,(H2,20,25)/t11-,12-/m1/s1. The molecule has 0 radical (unpaired) electrons. The van der Waals surface area contributed by atoms with E-state index >= 15 is 0 Å². The second-order valence-corrected chi connectivity index (χ2v) is 8.87. The Labute approximate surface area is 161 Å². The Balaban J connectivity index is 1.59. The van der Waals surface area contributed by atoms with Crippen LogP contribution in [0, 0.1) is 11.8 Å². The van der Waals surface area contributed by atoms with E-state index in [1.165, 1.54) is 15.8 Å². The van der Waals surface area contributed by atoms with Crippen LogP contribution in [0.4, 0.5) is 0 Å². The minimum Gasteiger partial charge on any atom is -0.369 e. The first-order valence-corrected chi connectivity index (χ1v) is 10.3. The van der Waals surface area contributed by atoms with Crippen molar-refractivity contribution in [3.8, 4) is 0 Å². The van der Waals surface area contributed by atoms with Crippen LogP contribution in [0.15, 0.2) is 11.1 Å². The fraction of sp³-hybridized carbons (Fsp3) is 0.579. The predicted molar refractivity (Wildman–Crippen MR) is 104 cm³/mol. The molecule has 1 aliphatic carbocycles. The lowest BCUT2D eigenvalue weighted by Gasteiger charge is -2.31. The van der Waals surface area contributed by atoms with E-state index in [1.54, 1.807) is 16.2 Å². The summed E-state index contributed by atoms with van der Waals surface area (Å²) in [5, 5.41) is 0.686. The summed E-state index contributed by atoms with van der Waals surface area (Å²) in [4.78, 5) is 45.3. The van der Waals surface area contributed by atoms with Crippen LogP contribution < -0.4 is 11.3 Å². The predicted octanol–water partition coefficient (Wildman–Crippen LogP) is 1.31. The quantitative estimate of drug-likeness (QED) is 0.857. The van der Waals surface area contributed by atoms with Gasteiger partial charge >= 0.3 is 0 Å². The van der Waals surface area contributed by atoms with Gasteiger partial charge in [0.25, 0.3) is 5.56 Å². The second kappa shape index (κ2) is 7.07. The van der Waals surface area contributed by atoms with Crippen LogP contribution in [-0.4, -0.2) is 39.4 Å².